The molecule has 3 rings (SSSR count). The van der Waals surface area contributed by atoms with Crippen molar-refractivity contribution in [1.29, 1.82) is 0 Å². The van der Waals surface area contributed by atoms with Crippen molar-refractivity contribution in [3.05, 3.63) is 18.5 Å². The molecule has 21 heavy (non-hydrogen) atoms. The van der Waals surface area contributed by atoms with Crippen LogP contribution in [0.15, 0.2) is 18.5 Å². The summed E-state index contributed by atoms with van der Waals surface area (Å²) in [4.78, 5) is 8.62. The molecule has 7 nitrogen and oxygen atoms in total. The predicted octanol–water partition coefficient (Wildman–Crippen LogP) is 1.31. The number of benzene rings is 1. The number of nitrogens with zero attached hydrogens (tertiary/aromatic N) is 3. The van der Waals surface area contributed by atoms with Gasteiger partial charge in [-0.05, 0) is 6.07 Å². The average Bonchev–Trinajstić information content (AvgIpc) is 2.55. The summed E-state index contributed by atoms with van der Waals surface area (Å²) in [5.74, 6) is 2.06. The summed E-state index contributed by atoms with van der Waals surface area (Å²) in [7, 11) is 3.22. The van der Waals surface area contributed by atoms with Crippen LogP contribution < -0.4 is 14.9 Å². The van der Waals surface area contributed by atoms with Crippen LogP contribution in [-0.2, 0) is 4.74 Å². The number of rotatable bonds is 4. The first-order valence-corrected chi connectivity index (χ1v) is 6.78. The first-order chi connectivity index (χ1) is 10.3. The van der Waals surface area contributed by atoms with E-state index in [1.165, 1.54) is 6.33 Å². The van der Waals surface area contributed by atoms with E-state index >= 15 is 0 Å². The summed E-state index contributed by atoms with van der Waals surface area (Å²) in [6, 6.07) is 3.73. The molecule has 1 aromatic carbocycles. The zero-order valence-corrected chi connectivity index (χ0v) is 12.1. The monoisotopic (exact) mass is 290 g/mol. The highest BCUT2D eigenvalue weighted by atomic mass is 16.5. The molecule has 0 spiro atoms. The molecular weight excluding hydrogens is 272 g/mol. The fourth-order valence-corrected chi connectivity index (χ4v) is 2.30. The number of methoxy groups -OCH3 is 2. The Morgan fingerprint density at radius 3 is 2.52 bits per heavy atom. The lowest BCUT2D eigenvalue weighted by Gasteiger charge is -2.27. The molecule has 0 unspecified atom stereocenters. The van der Waals surface area contributed by atoms with E-state index in [9.17, 15) is 0 Å². The van der Waals surface area contributed by atoms with Crippen LogP contribution in [0.3, 0.4) is 0 Å². The van der Waals surface area contributed by atoms with Crippen molar-refractivity contribution in [1.82, 2.24) is 15.0 Å². The Hall–Kier alpha value is -2.12. The van der Waals surface area contributed by atoms with Gasteiger partial charge in [-0.1, -0.05) is 0 Å². The minimum atomic E-state index is 0.654. The second-order valence-corrected chi connectivity index (χ2v) is 4.66. The van der Waals surface area contributed by atoms with Gasteiger partial charge in [0, 0.05) is 24.5 Å². The molecular formula is C14H18N4O3. The van der Waals surface area contributed by atoms with E-state index in [2.05, 4.69) is 20.4 Å². The largest absolute Gasteiger partial charge is 0.493 e. The minimum Gasteiger partial charge on any atom is -0.493 e. The highest BCUT2D eigenvalue weighted by Crippen LogP contribution is 2.33. The van der Waals surface area contributed by atoms with Crippen LogP contribution in [0, 0.1) is 0 Å². The quantitative estimate of drug-likeness (QED) is 0.910. The molecule has 1 fully saturated rings. The third kappa shape index (κ3) is 2.84. The Balaban J connectivity index is 1.97. The summed E-state index contributed by atoms with van der Waals surface area (Å²) < 4.78 is 16.0. The Kier molecular flexibility index (Phi) is 4.03. The standard InChI is InChI=1S/C14H18N4O3/c1-19-12-7-10-11(8-13(12)20-2)15-9-16-14(10)17-18-3-5-21-6-4-18/h7-9H,3-6H2,1-2H3,(H,15,16,17). The zero-order valence-electron chi connectivity index (χ0n) is 12.1. The number of fused-ring (bicyclic) bond motifs is 1. The summed E-state index contributed by atoms with van der Waals surface area (Å²) in [5.41, 5.74) is 4.12. The van der Waals surface area contributed by atoms with E-state index in [0.29, 0.717) is 24.7 Å². The summed E-state index contributed by atoms with van der Waals surface area (Å²) >= 11 is 0. The SMILES string of the molecule is COc1cc2ncnc(NN3CCOCC3)c2cc1OC. The van der Waals surface area contributed by atoms with E-state index < -0.39 is 0 Å². The molecule has 1 saturated heterocycles. The van der Waals surface area contributed by atoms with Gasteiger partial charge in [-0.2, -0.15) is 0 Å². The van der Waals surface area contributed by atoms with E-state index in [0.717, 1.165) is 29.8 Å². The van der Waals surface area contributed by atoms with Gasteiger partial charge in [0.2, 0.25) is 0 Å². The number of aromatic nitrogens is 2. The highest BCUT2D eigenvalue weighted by Gasteiger charge is 2.14. The number of hydrogen-bond acceptors (Lipinski definition) is 7. The maximum Gasteiger partial charge on any atom is 0.162 e. The fourth-order valence-electron chi connectivity index (χ4n) is 2.30. The van der Waals surface area contributed by atoms with Crippen LogP contribution >= 0.6 is 0 Å². The molecule has 2 aromatic rings. The Bertz CT molecular complexity index is 629. The average molecular weight is 290 g/mol. The molecule has 112 valence electrons. The van der Waals surface area contributed by atoms with Gasteiger partial charge in [-0.15, -0.1) is 0 Å². The van der Waals surface area contributed by atoms with Crippen molar-refractivity contribution in [2.24, 2.45) is 0 Å². The van der Waals surface area contributed by atoms with Gasteiger partial charge in [0.25, 0.3) is 0 Å². The predicted molar refractivity (Wildman–Crippen MR) is 78.7 cm³/mol. The van der Waals surface area contributed by atoms with Gasteiger partial charge in [0.15, 0.2) is 17.3 Å². The van der Waals surface area contributed by atoms with Gasteiger partial charge in [-0.25, -0.2) is 15.0 Å². The third-order valence-corrected chi connectivity index (χ3v) is 3.42. The van der Waals surface area contributed by atoms with Gasteiger partial charge < -0.3 is 19.6 Å². The zero-order chi connectivity index (χ0) is 14.7. The Morgan fingerprint density at radius 1 is 1.10 bits per heavy atom. The first-order valence-electron chi connectivity index (χ1n) is 6.78. The number of hydrogen-bond donors (Lipinski definition) is 1. The Morgan fingerprint density at radius 2 is 1.81 bits per heavy atom. The molecule has 0 bridgehead atoms. The Labute approximate surface area is 122 Å². The second-order valence-electron chi connectivity index (χ2n) is 4.66. The van der Waals surface area contributed by atoms with Crippen molar-refractivity contribution >= 4 is 16.7 Å². The number of ether oxygens (including phenoxy) is 3. The van der Waals surface area contributed by atoms with E-state index in [-0.39, 0.29) is 0 Å². The van der Waals surface area contributed by atoms with E-state index in [1.807, 2.05) is 12.1 Å². The van der Waals surface area contributed by atoms with Crippen molar-refractivity contribution in [2.75, 3.05) is 45.9 Å². The van der Waals surface area contributed by atoms with Crippen LogP contribution in [0.25, 0.3) is 10.9 Å². The van der Waals surface area contributed by atoms with Crippen LogP contribution in [0.1, 0.15) is 0 Å². The molecule has 2 heterocycles. The van der Waals surface area contributed by atoms with Crippen LogP contribution in [0.2, 0.25) is 0 Å². The van der Waals surface area contributed by atoms with Gasteiger partial charge >= 0.3 is 0 Å². The van der Waals surface area contributed by atoms with Gasteiger partial charge in [-0.3, -0.25) is 0 Å². The molecule has 7 heteroatoms. The third-order valence-electron chi connectivity index (χ3n) is 3.42. The maximum absolute atomic E-state index is 5.35. The molecule has 0 amide bonds. The lowest BCUT2D eigenvalue weighted by Crippen LogP contribution is -2.40. The van der Waals surface area contributed by atoms with Crippen LogP contribution in [0.5, 0.6) is 11.5 Å². The van der Waals surface area contributed by atoms with Crippen molar-refractivity contribution in [2.45, 2.75) is 0 Å². The molecule has 0 saturated carbocycles. The normalized spacial score (nSPS) is 15.9. The second kappa shape index (κ2) is 6.11. The number of nitrogens with one attached hydrogen (secondary N) is 1. The van der Waals surface area contributed by atoms with Gasteiger partial charge in [0.1, 0.15) is 6.33 Å². The summed E-state index contributed by atoms with van der Waals surface area (Å²) in [5, 5.41) is 2.98. The summed E-state index contributed by atoms with van der Waals surface area (Å²) in [6.45, 7) is 3.07. The molecule has 0 aliphatic carbocycles. The fraction of sp³-hybridized carbons (Fsp3) is 0.429. The molecule has 1 aromatic heterocycles. The lowest BCUT2D eigenvalue weighted by atomic mass is 10.2. The minimum absolute atomic E-state index is 0.654. The number of morpholine rings is 1. The van der Waals surface area contributed by atoms with Gasteiger partial charge in [0.05, 0.1) is 33.0 Å². The smallest absolute Gasteiger partial charge is 0.162 e. The maximum atomic E-state index is 5.35. The van der Waals surface area contributed by atoms with E-state index in [4.69, 9.17) is 14.2 Å². The topological polar surface area (TPSA) is 68.7 Å². The lowest BCUT2D eigenvalue weighted by molar-refractivity contribution is 0.0495. The van der Waals surface area contributed by atoms with Crippen molar-refractivity contribution in [3.63, 3.8) is 0 Å². The van der Waals surface area contributed by atoms with Crippen molar-refractivity contribution in [3.8, 4) is 11.5 Å². The molecule has 1 aliphatic heterocycles. The van der Waals surface area contributed by atoms with Crippen LogP contribution in [0.4, 0.5) is 5.82 Å². The molecule has 1 N–H and O–H groups in total. The molecule has 0 atom stereocenters. The molecule has 1 aliphatic rings. The first kappa shape index (κ1) is 13.8. The molecule has 0 radical (unpaired) electrons. The van der Waals surface area contributed by atoms with E-state index in [1.54, 1.807) is 14.2 Å². The van der Waals surface area contributed by atoms with Crippen molar-refractivity contribution < 1.29 is 14.2 Å². The summed E-state index contributed by atoms with van der Waals surface area (Å²) in [6.07, 6.45) is 1.54. The number of anilines is 1. The highest BCUT2D eigenvalue weighted by molar-refractivity contribution is 5.91. The van der Waals surface area contributed by atoms with Crippen LogP contribution in [-0.4, -0.2) is 55.5 Å². The number of hydrazine groups is 1.